The van der Waals surface area contributed by atoms with Crippen molar-refractivity contribution in [3.05, 3.63) is 59.7 Å². The van der Waals surface area contributed by atoms with Crippen LogP contribution in [0, 0.1) is 0 Å². The molecule has 0 saturated carbocycles. The van der Waals surface area contributed by atoms with Crippen molar-refractivity contribution >= 4 is 22.5 Å². The van der Waals surface area contributed by atoms with E-state index < -0.39 is 0 Å². The second kappa shape index (κ2) is 4.81. The predicted molar refractivity (Wildman–Crippen MR) is 90.2 cm³/mol. The van der Waals surface area contributed by atoms with Gasteiger partial charge in [-0.05, 0) is 70.3 Å². The zero-order chi connectivity index (χ0) is 14.4. The Hall–Kier alpha value is -1.93. The summed E-state index contributed by atoms with van der Waals surface area (Å²) < 4.78 is 0. The maximum atomic E-state index is 9.79. The van der Waals surface area contributed by atoms with Crippen molar-refractivity contribution in [3.63, 3.8) is 0 Å². The lowest BCUT2D eigenvalue weighted by Gasteiger charge is -2.24. The van der Waals surface area contributed by atoms with E-state index in [9.17, 15) is 5.11 Å². The molecule has 0 atom stereocenters. The number of phenols is 1. The summed E-state index contributed by atoms with van der Waals surface area (Å²) in [7, 11) is 0. The molecule has 0 saturated heterocycles. The van der Waals surface area contributed by atoms with E-state index in [0.29, 0.717) is 5.75 Å². The van der Waals surface area contributed by atoms with E-state index in [4.69, 9.17) is 0 Å². The minimum atomic E-state index is 0.332. The van der Waals surface area contributed by atoms with E-state index in [0.717, 1.165) is 18.2 Å². The van der Waals surface area contributed by atoms with Crippen LogP contribution in [0.1, 0.15) is 11.1 Å². The molecule has 4 rings (SSSR count). The highest BCUT2D eigenvalue weighted by molar-refractivity contribution is 7.98. The van der Waals surface area contributed by atoms with Gasteiger partial charge in [0.25, 0.3) is 0 Å². The molecular weight excluding hydrogens is 276 g/mol. The summed E-state index contributed by atoms with van der Waals surface area (Å²) >= 11 is 1.80. The smallest absolute Gasteiger partial charge is 0.116 e. The predicted octanol–water partition coefficient (Wildman–Crippen LogP) is 5.03. The topological polar surface area (TPSA) is 20.2 Å². The van der Waals surface area contributed by atoms with E-state index >= 15 is 0 Å². The Labute approximate surface area is 128 Å². The third-order valence-electron chi connectivity index (χ3n) is 4.34. The number of benzene rings is 3. The van der Waals surface area contributed by atoms with Gasteiger partial charge < -0.3 is 5.11 Å². The molecule has 2 heteroatoms. The minimum absolute atomic E-state index is 0.332. The molecule has 0 aliphatic heterocycles. The van der Waals surface area contributed by atoms with Gasteiger partial charge in [0.1, 0.15) is 5.75 Å². The van der Waals surface area contributed by atoms with E-state index in [1.807, 2.05) is 6.07 Å². The molecule has 0 amide bonds. The van der Waals surface area contributed by atoms with Gasteiger partial charge in [0.2, 0.25) is 0 Å². The number of phenolic OH excluding ortho intramolecular Hbond substituents is 1. The second-order valence-electron chi connectivity index (χ2n) is 5.49. The summed E-state index contributed by atoms with van der Waals surface area (Å²) in [4.78, 5) is 1.33. The van der Waals surface area contributed by atoms with Crippen molar-refractivity contribution < 1.29 is 5.11 Å². The maximum absolute atomic E-state index is 9.79. The van der Waals surface area contributed by atoms with E-state index in [1.54, 1.807) is 17.8 Å². The fourth-order valence-electron chi connectivity index (χ4n) is 3.39. The van der Waals surface area contributed by atoms with Crippen LogP contribution >= 0.6 is 11.8 Å². The van der Waals surface area contributed by atoms with E-state index in [1.165, 1.54) is 32.5 Å². The van der Waals surface area contributed by atoms with Gasteiger partial charge in [-0.1, -0.05) is 30.3 Å². The van der Waals surface area contributed by atoms with Gasteiger partial charge in [0.05, 0.1) is 0 Å². The third kappa shape index (κ3) is 1.94. The Morgan fingerprint density at radius 1 is 1.00 bits per heavy atom. The minimum Gasteiger partial charge on any atom is -0.508 e. The molecule has 0 bridgehead atoms. The highest BCUT2D eigenvalue weighted by Crippen LogP contribution is 2.43. The number of rotatable bonds is 1. The van der Waals surface area contributed by atoms with Gasteiger partial charge in [-0.2, -0.15) is 0 Å². The standard InChI is InChI=1S/C19H16OS/c1-21-18-11-13-10-14(20)7-9-16(13)19-15-5-3-2-4-12(15)6-8-17(18)19/h2-5,7,9-11,20H,6,8H2,1H3. The Morgan fingerprint density at radius 3 is 2.71 bits per heavy atom. The van der Waals surface area contributed by atoms with Crippen LogP contribution in [0.5, 0.6) is 5.75 Å². The lowest BCUT2D eigenvalue weighted by molar-refractivity contribution is 0.476. The van der Waals surface area contributed by atoms with Crippen LogP contribution in [0.4, 0.5) is 0 Å². The van der Waals surface area contributed by atoms with Crippen LogP contribution in [0.25, 0.3) is 21.9 Å². The van der Waals surface area contributed by atoms with Crippen molar-refractivity contribution in [2.45, 2.75) is 17.7 Å². The number of fused-ring (bicyclic) bond motifs is 5. The number of aromatic hydroxyl groups is 1. The summed E-state index contributed by atoms with van der Waals surface area (Å²) in [5.74, 6) is 0.332. The van der Waals surface area contributed by atoms with Crippen LogP contribution in [-0.4, -0.2) is 11.4 Å². The summed E-state index contributed by atoms with van der Waals surface area (Å²) in [6.45, 7) is 0. The molecule has 1 nitrogen and oxygen atoms in total. The Kier molecular flexibility index (Phi) is 2.93. The second-order valence-corrected chi connectivity index (χ2v) is 6.34. The van der Waals surface area contributed by atoms with E-state index in [-0.39, 0.29) is 0 Å². The van der Waals surface area contributed by atoms with Gasteiger partial charge in [-0.3, -0.25) is 0 Å². The monoisotopic (exact) mass is 292 g/mol. The summed E-state index contributed by atoms with van der Waals surface area (Å²) in [6.07, 6.45) is 4.34. The van der Waals surface area contributed by atoms with Gasteiger partial charge in [-0.15, -0.1) is 11.8 Å². The quantitative estimate of drug-likeness (QED) is 0.635. The summed E-state index contributed by atoms with van der Waals surface area (Å²) in [5.41, 5.74) is 5.60. The van der Waals surface area contributed by atoms with Gasteiger partial charge in [-0.25, -0.2) is 0 Å². The van der Waals surface area contributed by atoms with Gasteiger partial charge in [0.15, 0.2) is 0 Å². The van der Waals surface area contributed by atoms with Crippen LogP contribution in [0.15, 0.2) is 53.4 Å². The largest absolute Gasteiger partial charge is 0.508 e. The Bertz CT molecular complexity index is 852. The average Bonchev–Trinajstić information content (AvgIpc) is 2.53. The zero-order valence-electron chi connectivity index (χ0n) is 11.9. The molecule has 0 fully saturated rings. The first-order chi connectivity index (χ1) is 10.3. The highest BCUT2D eigenvalue weighted by Gasteiger charge is 2.21. The molecule has 104 valence electrons. The molecule has 0 unspecified atom stereocenters. The van der Waals surface area contributed by atoms with Gasteiger partial charge >= 0.3 is 0 Å². The molecule has 3 aromatic carbocycles. The number of hydrogen-bond donors (Lipinski definition) is 1. The van der Waals surface area contributed by atoms with Crippen LogP contribution in [-0.2, 0) is 12.8 Å². The van der Waals surface area contributed by atoms with Crippen molar-refractivity contribution in [1.82, 2.24) is 0 Å². The Morgan fingerprint density at radius 2 is 1.86 bits per heavy atom. The Balaban J connectivity index is 2.15. The molecule has 21 heavy (non-hydrogen) atoms. The van der Waals surface area contributed by atoms with Crippen molar-refractivity contribution in [2.75, 3.05) is 6.26 Å². The normalized spacial score (nSPS) is 13.0. The third-order valence-corrected chi connectivity index (χ3v) is 5.15. The number of aryl methyl sites for hydroxylation is 1. The first-order valence-electron chi connectivity index (χ1n) is 7.19. The van der Waals surface area contributed by atoms with Crippen LogP contribution < -0.4 is 0 Å². The van der Waals surface area contributed by atoms with Crippen molar-refractivity contribution in [3.8, 4) is 16.9 Å². The van der Waals surface area contributed by atoms with E-state index in [2.05, 4.69) is 42.7 Å². The first-order valence-corrected chi connectivity index (χ1v) is 8.41. The summed E-state index contributed by atoms with van der Waals surface area (Å²) in [6, 6.07) is 16.6. The zero-order valence-corrected chi connectivity index (χ0v) is 12.7. The first kappa shape index (κ1) is 12.8. The summed E-state index contributed by atoms with van der Waals surface area (Å²) in [5, 5.41) is 12.1. The van der Waals surface area contributed by atoms with Crippen molar-refractivity contribution in [1.29, 1.82) is 0 Å². The van der Waals surface area contributed by atoms with Crippen LogP contribution in [0.3, 0.4) is 0 Å². The number of thioether (sulfide) groups is 1. The molecule has 1 N–H and O–H groups in total. The SMILES string of the molecule is CSc1cc2cc(O)ccc2c2c1CCc1ccccc1-2. The molecule has 1 aliphatic rings. The molecule has 0 radical (unpaired) electrons. The number of hydrogen-bond acceptors (Lipinski definition) is 2. The fourth-order valence-corrected chi connectivity index (χ4v) is 4.09. The molecule has 0 spiro atoms. The van der Waals surface area contributed by atoms with Crippen molar-refractivity contribution in [2.24, 2.45) is 0 Å². The van der Waals surface area contributed by atoms with Crippen LogP contribution in [0.2, 0.25) is 0 Å². The molecule has 1 aliphatic carbocycles. The average molecular weight is 292 g/mol. The maximum Gasteiger partial charge on any atom is 0.116 e. The molecule has 0 heterocycles. The lowest BCUT2D eigenvalue weighted by atomic mass is 9.83. The molecular formula is C19H16OS. The highest BCUT2D eigenvalue weighted by atomic mass is 32.2. The lowest BCUT2D eigenvalue weighted by Crippen LogP contribution is -2.06. The molecule has 3 aromatic rings. The fraction of sp³-hybridized carbons (Fsp3) is 0.158. The van der Waals surface area contributed by atoms with Gasteiger partial charge in [0, 0.05) is 4.90 Å². The molecule has 0 aromatic heterocycles.